The monoisotopic (exact) mass is 101 g/mol. The molecular formula is C4H7NO2. The second-order valence-electron chi connectivity index (χ2n) is 1.43. The van der Waals surface area contributed by atoms with Crippen molar-refractivity contribution in [3.05, 3.63) is 5.21 Å². The average Bonchev–Trinajstić information content (AvgIpc) is 1.69. The molecule has 0 unspecified atom stereocenters. The van der Waals surface area contributed by atoms with Crippen LogP contribution in [0.3, 0.4) is 0 Å². The van der Waals surface area contributed by atoms with Gasteiger partial charge in [-0.2, -0.15) is 4.74 Å². The van der Waals surface area contributed by atoms with Crippen molar-refractivity contribution in [3.63, 3.8) is 0 Å². The number of hydroxylamine groups is 1. The molecule has 0 aliphatic carbocycles. The van der Waals surface area contributed by atoms with Crippen molar-refractivity contribution in [3.8, 4) is 0 Å². The lowest BCUT2D eigenvalue weighted by molar-refractivity contribution is -0.510. The molecule has 1 aliphatic rings. The molecule has 0 saturated heterocycles. The van der Waals surface area contributed by atoms with Crippen molar-refractivity contribution in [2.24, 2.45) is 0 Å². The first kappa shape index (κ1) is 4.59. The van der Waals surface area contributed by atoms with E-state index in [-0.39, 0.29) is 6.73 Å². The van der Waals surface area contributed by atoms with E-state index in [1.165, 1.54) is 0 Å². The van der Waals surface area contributed by atoms with Gasteiger partial charge in [0.05, 0.1) is 6.61 Å². The van der Waals surface area contributed by atoms with Crippen LogP contribution in [0.1, 0.15) is 6.42 Å². The Morgan fingerprint density at radius 1 is 1.71 bits per heavy atom. The highest BCUT2D eigenvalue weighted by atomic mass is 16.6. The zero-order chi connectivity index (χ0) is 5.11. The highest BCUT2D eigenvalue weighted by molar-refractivity contribution is 5.51. The Bertz CT molecular complexity index is 89.7. The third kappa shape index (κ3) is 1.16. The predicted octanol–water partition coefficient (Wildman–Crippen LogP) is -0.0547. The van der Waals surface area contributed by atoms with Crippen LogP contribution in [0.15, 0.2) is 0 Å². The van der Waals surface area contributed by atoms with Gasteiger partial charge in [-0.1, -0.05) is 0 Å². The van der Waals surface area contributed by atoms with Gasteiger partial charge >= 0.3 is 0 Å². The fraction of sp³-hybridized carbons (Fsp3) is 0.750. The lowest BCUT2D eigenvalue weighted by Gasteiger charge is -2.07. The summed E-state index contributed by atoms with van der Waals surface area (Å²) in [7, 11) is 0. The van der Waals surface area contributed by atoms with Crippen molar-refractivity contribution >= 4 is 6.21 Å². The molecule has 0 saturated carbocycles. The summed E-state index contributed by atoms with van der Waals surface area (Å²) in [6.45, 7) is 0.902. The van der Waals surface area contributed by atoms with Gasteiger partial charge in [-0.05, 0) is 0 Å². The second-order valence-corrected chi connectivity index (χ2v) is 1.43. The van der Waals surface area contributed by atoms with Gasteiger partial charge in [-0.25, -0.2) is 0 Å². The molecule has 7 heavy (non-hydrogen) atoms. The number of hydrogen-bond acceptors (Lipinski definition) is 2. The van der Waals surface area contributed by atoms with Gasteiger partial charge in [0, 0.05) is 6.42 Å². The summed E-state index contributed by atoms with van der Waals surface area (Å²) in [6.07, 6.45) is 2.34. The normalized spacial score (nSPS) is 21.4. The fourth-order valence-corrected chi connectivity index (χ4v) is 0.487. The molecule has 0 radical (unpaired) electrons. The van der Waals surface area contributed by atoms with E-state index < -0.39 is 0 Å². The van der Waals surface area contributed by atoms with Crippen LogP contribution in [0.25, 0.3) is 0 Å². The zero-order valence-corrected chi connectivity index (χ0v) is 3.96. The maximum atomic E-state index is 10.2. The Morgan fingerprint density at radius 2 is 2.57 bits per heavy atom. The maximum absolute atomic E-state index is 10.2. The molecule has 0 amide bonds. The molecule has 0 N–H and O–H groups in total. The highest BCUT2D eigenvalue weighted by Crippen LogP contribution is 1.86. The lowest BCUT2D eigenvalue weighted by Crippen LogP contribution is -2.17. The van der Waals surface area contributed by atoms with E-state index >= 15 is 0 Å². The van der Waals surface area contributed by atoms with Crippen LogP contribution in [0.2, 0.25) is 0 Å². The molecule has 40 valence electrons. The van der Waals surface area contributed by atoms with E-state index in [1.54, 1.807) is 6.21 Å². The molecule has 0 fully saturated rings. The molecule has 0 aromatic rings. The number of hydrogen-bond donors (Lipinski definition) is 0. The summed E-state index contributed by atoms with van der Waals surface area (Å²) in [5.74, 6) is 0. The standard InChI is InChI=1S/C4H7NO2/c6-5-2-1-3-7-4-5/h2H,1,3-4H2. The van der Waals surface area contributed by atoms with Crippen LogP contribution in [0.5, 0.6) is 0 Å². The van der Waals surface area contributed by atoms with Crippen molar-refractivity contribution in [1.82, 2.24) is 0 Å². The van der Waals surface area contributed by atoms with Crippen LogP contribution in [-0.2, 0) is 4.74 Å². The molecule has 1 aliphatic heterocycles. The third-order valence-corrected chi connectivity index (χ3v) is 0.813. The van der Waals surface area contributed by atoms with Crippen LogP contribution in [-0.4, -0.2) is 24.3 Å². The van der Waals surface area contributed by atoms with E-state index in [2.05, 4.69) is 0 Å². The van der Waals surface area contributed by atoms with Gasteiger partial charge in [-0.15, -0.1) is 0 Å². The van der Waals surface area contributed by atoms with Gasteiger partial charge in [0.25, 0.3) is 6.73 Å². The largest absolute Gasteiger partial charge is 0.622 e. The van der Waals surface area contributed by atoms with Crippen LogP contribution >= 0.6 is 0 Å². The Labute approximate surface area is 41.8 Å². The van der Waals surface area contributed by atoms with Crippen LogP contribution in [0, 0.1) is 5.21 Å². The molecule has 1 rings (SSSR count). The average molecular weight is 101 g/mol. The number of nitrogens with zero attached hydrogens (tertiary/aromatic N) is 1. The smallest absolute Gasteiger partial charge is 0.257 e. The molecule has 3 heteroatoms. The van der Waals surface area contributed by atoms with Crippen LogP contribution in [0.4, 0.5) is 0 Å². The molecule has 0 atom stereocenters. The minimum atomic E-state index is 0.208. The third-order valence-electron chi connectivity index (χ3n) is 0.813. The van der Waals surface area contributed by atoms with E-state index in [4.69, 9.17) is 4.74 Å². The van der Waals surface area contributed by atoms with Crippen molar-refractivity contribution in [2.45, 2.75) is 6.42 Å². The SMILES string of the molecule is [O-][N+]1=CCCOC1. The Kier molecular flexibility index (Phi) is 1.26. The fourth-order valence-electron chi connectivity index (χ4n) is 0.487. The molecule has 0 aromatic carbocycles. The van der Waals surface area contributed by atoms with E-state index in [1.807, 2.05) is 0 Å². The van der Waals surface area contributed by atoms with Gasteiger partial charge in [-0.3, -0.25) is 0 Å². The number of ether oxygens (including phenoxy) is 1. The summed E-state index contributed by atoms with van der Waals surface area (Å²) < 4.78 is 5.56. The summed E-state index contributed by atoms with van der Waals surface area (Å²) in [5, 5.41) is 10.2. The van der Waals surface area contributed by atoms with Crippen molar-refractivity contribution in [1.29, 1.82) is 0 Å². The topological polar surface area (TPSA) is 35.3 Å². The van der Waals surface area contributed by atoms with Crippen molar-refractivity contribution in [2.75, 3.05) is 13.3 Å². The Morgan fingerprint density at radius 3 is 2.86 bits per heavy atom. The molecule has 3 nitrogen and oxygen atoms in total. The molecular weight excluding hydrogens is 94.0 g/mol. The van der Waals surface area contributed by atoms with E-state index in [9.17, 15) is 5.21 Å². The van der Waals surface area contributed by atoms with Gasteiger partial charge in [0.15, 0.2) is 6.21 Å². The molecule has 0 aromatic heterocycles. The van der Waals surface area contributed by atoms with Gasteiger partial charge < -0.3 is 9.94 Å². The molecule has 0 bridgehead atoms. The van der Waals surface area contributed by atoms with Crippen molar-refractivity contribution < 1.29 is 9.48 Å². The van der Waals surface area contributed by atoms with E-state index in [0.29, 0.717) is 6.61 Å². The summed E-state index contributed by atoms with van der Waals surface area (Å²) in [4.78, 5) is 0. The van der Waals surface area contributed by atoms with E-state index in [0.717, 1.165) is 11.2 Å². The molecule has 0 spiro atoms. The Hall–Kier alpha value is -0.570. The van der Waals surface area contributed by atoms with Crippen LogP contribution < -0.4 is 0 Å². The first-order valence-electron chi connectivity index (χ1n) is 2.24. The quantitative estimate of drug-likeness (QED) is 0.316. The zero-order valence-electron chi connectivity index (χ0n) is 3.96. The molecule has 1 heterocycles. The summed E-state index contributed by atoms with van der Waals surface area (Å²) in [5.41, 5.74) is 0. The van der Waals surface area contributed by atoms with Gasteiger partial charge in [0.1, 0.15) is 0 Å². The number of rotatable bonds is 0. The first-order chi connectivity index (χ1) is 3.39. The first-order valence-corrected chi connectivity index (χ1v) is 2.24. The summed E-state index contributed by atoms with van der Waals surface area (Å²) in [6, 6.07) is 0. The summed E-state index contributed by atoms with van der Waals surface area (Å²) >= 11 is 0. The minimum absolute atomic E-state index is 0.208. The lowest BCUT2D eigenvalue weighted by atomic mass is 10.5. The minimum Gasteiger partial charge on any atom is -0.622 e. The predicted molar refractivity (Wildman–Crippen MR) is 25.1 cm³/mol. The Balaban J connectivity index is 2.40. The van der Waals surface area contributed by atoms with Gasteiger partial charge in [0.2, 0.25) is 0 Å². The maximum Gasteiger partial charge on any atom is 0.257 e. The second kappa shape index (κ2) is 1.93. The highest BCUT2D eigenvalue weighted by Gasteiger charge is 1.98.